The number of hydrogen-bond acceptors (Lipinski definition) is 7. The standard InChI is InChI=1S/C17H17N3O6/c1-3-25-16(22)11-10(8-4-6-9(24-2)7-5-8)12-14(21)19-17(23)20-15(12)26-13(11)18/h4-7,10H,3,18H2,1-2H3,(H2,19,20,21,23)/t10-/m1/s1. The molecule has 1 aromatic heterocycles. The molecule has 0 fully saturated rings. The molecule has 0 bridgehead atoms. The summed E-state index contributed by atoms with van der Waals surface area (Å²) in [6.45, 7) is 1.78. The zero-order valence-corrected chi connectivity index (χ0v) is 14.1. The molecule has 0 radical (unpaired) electrons. The fraction of sp³-hybridized carbons (Fsp3) is 0.235. The highest BCUT2D eigenvalue weighted by Crippen LogP contribution is 2.39. The van der Waals surface area contributed by atoms with E-state index in [1.165, 1.54) is 7.11 Å². The lowest BCUT2D eigenvalue weighted by molar-refractivity contribution is -0.139. The van der Waals surface area contributed by atoms with E-state index in [1.54, 1.807) is 31.2 Å². The Morgan fingerprint density at radius 2 is 1.92 bits per heavy atom. The second kappa shape index (κ2) is 6.79. The molecular weight excluding hydrogens is 342 g/mol. The number of carbonyl (C=O) groups excluding carboxylic acids is 1. The van der Waals surface area contributed by atoms with Crippen molar-refractivity contribution < 1.29 is 19.0 Å². The van der Waals surface area contributed by atoms with E-state index in [2.05, 4.69) is 9.97 Å². The normalized spacial score (nSPS) is 15.8. The zero-order valence-electron chi connectivity index (χ0n) is 14.1. The Morgan fingerprint density at radius 3 is 2.54 bits per heavy atom. The van der Waals surface area contributed by atoms with Crippen LogP contribution in [-0.2, 0) is 9.53 Å². The second-order valence-electron chi connectivity index (χ2n) is 5.46. The van der Waals surface area contributed by atoms with E-state index >= 15 is 0 Å². The van der Waals surface area contributed by atoms with Crippen molar-refractivity contribution in [3.05, 3.63) is 67.7 Å². The molecule has 3 rings (SSSR count). The number of ether oxygens (including phenoxy) is 3. The first-order chi connectivity index (χ1) is 12.5. The van der Waals surface area contributed by atoms with Crippen LogP contribution in [0.3, 0.4) is 0 Å². The fourth-order valence-corrected chi connectivity index (χ4v) is 2.83. The second-order valence-corrected chi connectivity index (χ2v) is 5.46. The van der Waals surface area contributed by atoms with Gasteiger partial charge in [-0.05, 0) is 24.6 Å². The highest BCUT2D eigenvalue weighted by atomic mass is 16.5. The molecule has 0 spiro atoms. The molecule has 4 N–H and O–H groups in total. The average molecular weight is 359 g/mol. The van der Waals surface area contributed by atoms with E-state index in [4.69, 9.17) is 19.9 Å². The molecule has 1 atom stereocenters. The molecule has 1 aliphatic rings. The molecule has 1 aliphatic heterocycles. The third kappa shape index (κ3) is 2.94. The van der Waals surface area contributed by atoms with Crippen molar-refractivity contribution in [2.75, 3.05) is 13.7 Å². The van der Waals surface area contributed by atoms with Gasteiger partial charge in [-0.25, -0.2) is 9.59 Å². The summed E-state index contributed by atoms with van der Waals surface area (Å²) < 4.78 is 15.5. The number of nitrogens with one attached hydrogen (secondary N) is 2. The number of hydrogen-bond donors (Lipinski definition) is 3. The average Bonchev–Trinajstić information content (AvgIpc) is 2.60. The van der Waals surface area contributed by atoms with Crippen LogP contribution in [0.4, 0.5) is 0 Å². The maximum Gasteiger partial charge on any atom is 0.340 e. The Kier molecular flexibility index (Phi) is 4.53. The minimum Gasteiger partial charge on any atom is -0.497 e. The van der Waals surface area contributed by atoms with Crippen LogP contribution in [0, 0.1) is 0 Å². The first-order valence-electron chi connectivity index (χ1n) is 7.81. The van der Waals surface area contributed by atoms with Crippen molar-refractivity contribution >= 4 is 5.97 Å². The largest absolute Gasteiger partial charge is 0.497 e. The molecule has 0 amide bonds. The fourth-order valence-electron chi connectivity index (χ4n) is 2.83. The molecular formula is C17H17N3O6. The third-order valence-electron chi connectivity index (χ3n) is 3.94. The first kappa shape index (κ1) is 17.3. The van der Waals surface area contributed by atoms with Gasteiger partial charge in [0.15, 0.2) is 0 Å². The summed E-state index contributed by atoms with van der Waals surface area (Å²) in [6.07, 6.45) is 0. The van der Waals surface area contributed by atoms with Crippen LogP contribution in [-0.4, -0.2) is 29.7 Å². The number of esters is 1. The number of carbonyl (C=O) groups is 1. The van der Waals surface area contributed by atoms with Gasteiger partial charge in [0.25, 0.3) is 5.56 Å². The maximum atomic E-state index is 12.5. The number of aromatic amines is 2. The smallest absolute Gasteiger partial charge is 0.340 e. The van der Waals surface area contributed by atoms with Crippen molar-refractivity contribution in [1.82, 2.24) is 9.97 Å². The minimum atomic E-state index is -0.871. The quantitative estimate of drug-likeness (QED) is 0.669. The van der Waals surface area contributed by atoms with Crippen LogP contribution in [0.1, 0.15) is 24.0 Å². The molecule has 9 heteroatoms. The van der Waals surface area contributed by atoms with Gasteiger partial charge >= 0.3 is 11.7 Å². The van der Waals surface area contributed by atoms with Crippen molar-refractivity contribution in [3.63, 3.8) is 0 Å². The zero-order chi connectivity index (χ0) is 18.8. The number of nitrogens with two attached hydrogens (primary N) is 1. The Labute approximate surface area is 147 Å². The molecule has 0 saturated heterocycles. The highest BCUT2D eigenvalue weighted by molar-refractivity contribution is 5.92. The lowest BCUT2D eigenvalue weighted by atomic mass is 9.84. The Bertz CT molecular complexity index is 987. The number of H-pyrrole nitrogens is 2. The SMILES string of the molecule is CCOC(=O)C1=C(N)Oc2[nH]c(=O)[nH]c(=O)c2[C@@H]1c1ccc(OC)cc1. The molecule has 136 valence electrons. The summed E-state index contributed by atoms with van der Waals surface area (Å²) in [6, 6.07) is 6.75. The van der Waals surface area contributed by atoms with E-state index in [0.717, 1.165) is 0 Å². The van der Waals surface area contributed by atoms with Crippen LogP contribution in [0.25, 0.3) is 0 Å². The van der Waals surface area contributed by atoms with Crippen LogP contribution in [0.15, 0.2) is 45.3 Å². The summed E-state index contributed by atoms with van der Waals surface area (Å²) in [7, 11) is 1.52. The van der Waals surface area contributed by atoms with Crippen molar-refractivity contribution in [1.29, 1.82) is 0 Å². The summed E-state index contributed by atoms with van der Waals surface area (Å²) in [5, 5.41) is 0. The molecule has 2 heterocycles. The van der Waals surface area contributed by atoms with E-state index in [1.807, 2.05) is 0 Å². The molecule has 1 aromatic carbocycles. The maximum absolute atomic E-state index is 12.5. The van der Waals surface area contributed by atoms with Crippen molar-refractivity contribution in [2.24, 2.45) is 5.73 Å². The van der Waals surface area contributed by atoms with Gasteiger partial charge < -0.3 is 19.9 Å². The lowest BCUT2D eigenvalue weighted by Crippen LogP contribution is -2.35. The minimum absolute atomic E-state index is 0.0120. The van der Waals surface area contributed by atoms with E-state index in [9.17, 15) is 14.4 Å². The van der Waals surface area contributed by atoms with Gasteiger partial charge in [0, 0.05) is 0 Å². The first-order valence-corrected chi connectivity index (χ1v) is 7.81. The van der Waals surface area contributed by atoms with Gasteiger partial charge in [-0.3, -0.25) is 14.8 Å². The van der Waals surface area contributed by atoms with E-state index in [0.29, 0.717) is 11.3 Å². The van der Waals surface area contributed by atoms with Gasteiger partial charge in [-0.1, -0.05) is 12.1 Å². The van der Waals surface area contributed by atoms with Gasteiger partial charge in [0.2, 0.25) is 11.8 Å². The number of benzene rings is 1. The van der Waals surface area contributed by atoms with Crippen molar-refractivity contribution in [2.45, 2.75) is 12.8 Å². The summed E-state index contributed by atoms with van der Waals surface area (Å²) >= 11 is 0. The number of methoxy groups -OCH3 is 1. The van der Waals surface area contributed by atoms with Crippen LogP contribution in [0.5, 0.6) is 11.6 Å². The number of aromatic nitrogens is 2. The molecule has 0 aliphatic carbocycles. The van der Waals surface area contributed by atoms with Crippen LogP contribution >= 0.6 is 0 Å². The molecule has 9 nitrogen and oxygen atoms in total. The van der Waals surface area contributed by atoms with E-state index in [-0.39, 0.29) is 29.5 Å². The summed E-state index contributed by atoms with van der Waals surface area (Å²) in [5.74, 6) is -1.32. The molecule has 0 unspecified atom stereocenters. The third-order valence-corrected chi connectivity index (χ3v) is 3.94. The Hall–Kier alpha value is -3.49. The highest BCUT2D eigenvalue weighted by Gasteiger charge is 2.38. The number of fused-ring (bicyclic) bond motifs is 1. The van der Waals surface area contributed by atoms with Gasteiger partial charge in [0.05, 0.1) is 25.2 Å². The van der Waals surface area contributed by atoms with E-state index < -0.39 is 23.1 Å². The molecule has 26 heavy (non-hydrogen) atoms. The topological polar surface area (TPSA) is 136 Å². The Balaban J connectivity index is 2.25. The van der Waals surface area contributed by atoms with Crippen LogP contribution < -0.4 is 26.5 Å². The monoisotopic (exact) mass is 359 g/mol. The predicted octanol–water partition coefficient (Wildman–Crippen LogP) is 0.330. The van der Waals surface area contributed by atoms with Gasteiger partial charge in [-0.2, -0.15) is 0 Å². The lowest BCUT2D eigenvalue weighted by Gasteiger charge is -2.27. The Morgan fingerprint density at radius 1 is 1.23 bits per heavy atom. The van der Waals surface area contributed by atoms with Crippen LogP contribution in [0.2, 0.25) is 0 Å². The predicted molar refractivity (Wildman–Crippen MR) is 91.0 cm³/mol. The number of rotatable bonds is 4. The van der Waals surface area contributed by atoms with Gasteiger partial charge in [-0.15, -0.1) is 0 Å². The van der Waals surface area contributed by atoms with Crippen molar-refractivity contribution in [3.8, 4) is 11.6 Å². The molecule has 2 aromatic rings. The summed E-state index contributed by atoms with van der Waals surface area (Å²) in [4.78, 5) is 41.0. The summed E-state index contributed by atoms with van der Waals surface area (Å²) in [5.41, 5.74) is 5.12. The molecule has 0 saturated carbocycles. The van der Waals surface area contributed by atoms with Gasteiger partial charge in [0.1, 0.15) is 11.3 Å².